The molecule has 3 aliphatic heterocycles. The van der Waals surface area contributed by atoms with Crippen LogP contribution in [0.1, 0.15) is 56.2 Å². The van der Waals surface area contributed by atoms with Gasteiger partial charge in [0.05, 0.1) is 5.69 Å². The number of amides is 3. The van der Waals surface area contributed by atoms with Crippen molar-refractivity contribution in [3.05, 3.63) is 65.4 Å². The lowest BCUT2D eigenvalue weighted by Gasteiger charge is -2.38. The second-order valence-corrected chi connectivity index (χ2v) is 15.0. The van der Waals surface area contributed by atoms with Crippen LogP contribution in [0.15, 0.2) is 48.5 Å². The molecule has 0 spiro atoms. The van der Waals surface area contributed by atoms with Gasteiger partial charge in [0.1, 0.15) is 11.9 Å². The van der Waals surface area contributed by atoms with Crippen molar-refractivity contribution >= 4 is 34.2 Å². The number of carbonyl (C=O) groups is 2. The molecule has 4 aliphatic rings. The largest absolute Gasteiger partial charge is 0.374 e. The van der Waals surface area contributed by atoms with E-state index in [4.69, 9.17) is 5.10 Å². The smallest absolute Gasteiger partial charge is 0.328 e. The standard InChI is InChI=1S/C37H46N8O3/c1-37(2)12-9-29-32(21-37)40-41-34(29)31-20-26-19-25(3-8-30(26)38-31)35(47)43-17-15-42(16-18-43)22-24-10-13-44(23-24)27-4-6-28(7-5-27)45-14-11-33(46)39-36(45)48/h3-8,19-20,24,35,38,47H,9-18,21-23H2,1-2H3,(H,40,41)(H,39,46,48). The molecule has 0 radical (unpaired) electrons. The van der Waals surface area contributed by atoms with E-state index in [1.165, 1.54) is 16.9 Å². The highest BCUT2D eigenvalue weighted by atomic mass is 16.3. The third kappa shape index (κ3) is 6.10. The molecule has 8 rings (SSSR count). The van der Waals surface area contributed by atoms with Gasteiger partial charge in [-0.05, 0) is 85.0 Å². The molecule has 4 aromatic rings. The number of anilines is 2. The molecule has 0 bridgehead atoms. The van der Waals surface area contributed by atoms with Crippen molar-refractivity contribution in [2.75, 3.05) is 62.2 Å². The first-order valence-corrected chi connectivity index (χ1v) is 17.5. The van der Waals surface area contributed by atoms with Crippen LogP contribution in [0, 0.1) is 11.3 Å². The summed E-state index contributed by atoms with van der Waals surface area (Å²) in [7, 11) is 0. The van der Waals surface area contributed by atoms with Crippen LogP contribution in [0.25, 0.3) is 22.3 Å². The third-order valence-corrected chi connectivity index (χ3v) is 11.0. The summed E-state index contributed by atoms with van der Waals surface area (Å²) in [6.07, 6.45) is 4.08. The Hall–Kier alpha value is -4.19. The molecule has 252 valence electrons. The van der Waals surface area contributed by atoms with Crippen molar-refractivity contribution in [3.8, 4) is 11.4 Å². The van der Waals surface area contributed by atoms with Gasteiger partial charge in [0.15, 0.2) is 0 Å². The number of hydrogen-bond donors (Lipinski definition) is 4. The fourth-order valence-corrected chi connectivity index (χ4v) is 8.15. The number of piperazine rings is 1. The number of aliphatic hydroxyl groups is 1. The number of rotatable bonds is 7. The number of aromatic amines is 2. The van der Waals surface area contributed by atoms with Gasteiger partial charge in [-0.1, -0.05) is 19.9 Å². The predicted octanol–water partition coefficient (Wildman–Crippen LogP) is 4.65. The van der Waals surface area contributed by atoms with Gasteiger partial charge in [-0.3, -0.25) is 25.0 Å². The first kappa shape index (κ1) is 31.1. The normalized spacial score (nSPS) is 22.7. The van der Waals surface area contributed by atoms with Crippen LogP contribution in [-0.4, -0.2) is 94.4 Å². The highest BCUT2D eigenvalue weighted by molar-refractivity contribution is 6.05. The maximum Gasteiger partial charge on any atom is 0.328 e. The summed E-state index contributed by atoms with van der Waals surface area (Å²) in [4.78, 5) is 36.1. The molecule has 2 atom stereocenters. The van der Waals surface area contributed by atoms with Gasteiger partial charge in [-0.25, -0.2) is 4.79 Å². The van der Waals surface area contributed by atoms with Gasteiger partial charge >= 0.3 is 6.03 Å². The minimum atomic E-state index is -0.628. The predicted molar refractivity (Wildman–Crippen MR) is 187 cm³/mol. The fourth-order valence-electron chi connectivity index (χ4n) is 8.15. The van der Waals surface area contributed by atoms with Crippen LogP contribution >= 0.6 is 0 Å². The highest BCUT2D eigenvalue weighted by Gasteiger charge is 2.31. The minimum Gasteiger partial charge on any atom is -0.374 e. The molecule has 48 heavy (non-hydrogen) atoms. The van der Waals surface area contributed by atoms with Crippen LogP contribution in [0.3, 0.4) is 0 Å². The first-order valence-electron chi connectivity index (χ1n) is 17.5. The van der Waals surface area contributed by atoms with E-state index >= 15 is 0 Å². The summed E-state index contributed by atoms with van der Waals surface area (Å²) < 4.78 is 0. The summed E-state index contributed by atoms with van der Waals surface area (Å²) in [6.45, 7) is 11.7. The van der Waals surface area contributed by atoms with Gasteiger partial charge < -0.3 is 19.9 Å². The molecule has 5 heterocycles. The molecule has 3 fully saturated rings. The second-order valence-electron chi connectivity index (χ2n) is 15.0. The van der Waals surface area contributed by atoms with E-state index < -0.39 is 6.23 Å². The zero-order valence-corrected chi connectivity index (χ0v) is 28.0. The topological polar surface area (TPSA) is 124 Å². The summed E-state index contributed by atoms with van der Waals surface area (Å²) in [6, 6.07) is 16.2. The number of carbonyl (C=O) groups excluding carboxylic acids is 2. The number of fused-ring (bicyclic) bond motifs is 2. The average molecular weight is 651 g/mol. The number of aromatic nitrogens is 3. The molecular weight excluding hydrogens is 604 g/mol. The number of aliphatic hydroxyl groups excluding tert-OH is 1. The van der Waals surface area contributed by atoms with E-state index in [0.717, 1.165) is 105 Å². The molecule has 3 amide bonds. The molecule has 0 saturated carbocycles. The zero-order valence-electron chi connectivity index (χ0n) is 28.0. The van der Waals surface area contributed by atoms with Crippen LogP contribution in [0.5, 0.6) is 0 Å². The van der Waals surface area contributed by atoms with Crippen LogP contribution < -0.4 is 15.1 Å². The van der Waals surface area contributed by atoms with E-state index in [1.54, 1.807) is 4.90 Å². The van der Waals surface area contributed by atoms with Crippen molar-refractivity contribution < 1.29 is 14.7 Å². The molecule has 2 aromatic carbocycles. The summed E-state index contributed by atoms with van der Waals surface area (Å²) in [5.41, 5.74) is 8.95. The van der Waals surface area contributed by atoms with Crippen molar-refractivity contribution in [2.45, 2.75) is 52.2 Å². The highest BCUT2D eigenvalue weighted by Crippen LogP contribution is 2.38. The summed E-state index contributed by atoms with van der Waals surface area (Å²) in [5.74, 6) is 0.377. The molecule has 11 heteroatoms. The van der Waals surface area contributed by atoms with Crippen LogP contribution in [0.4, 0.5) is 16.2 Å². The number of benzene rings is 2. The third-order valence-electron chi connectivity index (χ3n) is 11.0. The Kier molecular flexibility index (Phi) is 8.01. The van der Waals surface area contributed by atoms with Gasteiger partial charge in [0.2, 0.25) is 5.91 Å². The maximum atomic E-state index is 12.2. The molecule has 2 unspecified atom stereocenters. The number of H-pyrrole nitrogens is 2. The Balaban J connectivity index is 0.840. The first-order chi connectivity index (χ1) is 23.2. The maximum absolute atomic E-state index is 12.2. The van der Waals surface area contributed by atoms with E-state index in [1.807, 2.05) is 18.2 Å². The van der Waals surface area contributed by atoms with Crippen molar-refractivity contribution in [2.24, 2.45) is 11.3 Å². The zero-order chi connectivity index (χ0) is 33.0. The molecule has 1 aliphatic carbocycles. The lowest BCUT2D eigenvalue weighted by Crippen LogP contribution is -2.49. The number of urea groups is 1. The Bertz CT molecular complexity index is 1820. The van der Waals surface area contributed by atoms with Crippen molar-refractivity contribution in [1.29, 1.82) is 0 Å². The van der Waals surface area contributed by atoms with Gasteiger partial charge in [0.25, 0.3) is 0 Å². The van der Waals surface area contributed by atoms with Crippen LogP contribution in [-0.2, 0) is 17.6 Å². The molecule has 3 saturated heterocycles. The fraction of sp³-hybridized carbons (Fsp3) is 0.486. The monoisotopic (exact) mass is 650 g/mol. The molecule has 4 N–H and O–H groups in total. The van der Waals surface area contributed by atoms with Gasteiger partial charge in [0, 0.05) is 92.3 Å². The quantitative estimate of drug-likeness (QED) is 0.230. The van der Waals surface area contributed by atoms with Gasteiger partial charge in [-0.15, -0.1) is 0 Å². The number of imide groups is 1. The lowest BCUT2D eigenvalue weighted by molar-refractivity contribution is -0.120. The van der Waals surface area contributed by atoms with Crippen molar-refractivity contribution in [3.63, 3.8) is 0 Å². The number of nitrogens with one attached hydrogen (secondary N) is 3. The number of nitrogens with zero attached hydrogens (tertiary/aromatic N) is 5. The Labute approximate surface area is 281 Å². The van der Waals surface area contributed by atoms with E-state index in [9.17, 15) is 14.7 Å². The van der Waals surface area contributed by atoms with Crippen LogP contribution in [0.2, 0.25) is 0 Å². The Morgan fingerprint density at radius 2 is 1.75 bits per heavy atom. The SMILES string of the molecule is CC1(C)CCc2c(-c3cc4cc(C(O)N5CCN(CC6CCN(c7ccc(N8CCC(=O)NC8=O)cc7)C6)CC5)ccc4[nH]3)n[nH]c2C1. The van der Waals surface area contributed by atoms with E-state index in [-0.39, 0.29) is 11.9 Å². The Morgan fingerprint density at radius 3 is 2.54 bits per heavy atom. The second kappa shape index (κ2) is 12.4. The Morgan fingerprint density at radius 1 is 0.958 bits per heavy atom. The van der Waals surface area contributed by atoms with Gasteiger partial charge in [-0.2, -0.15) is 5.10 Å². The average Bonchev–Trinajstić information content (AvgIpc) is 3.82. The minimum absolute atomic E-state index is 0.217. The lowest BCUT2D eigenvalue weighted by atomic mass is 9.76. The molecular formula is C37H46N8O3. The van der Waals surface area contributed by atoms with Crippen molar-refractivity contribution in [1.82, 2.24) is 30.3 Å². The van der Waals surface area contributed by atoms with E-state index in [2.05, 4.69) is 74.3 Å². The molecule has 2 aromatic heterocycles. The molecule has 11 nitrogen and oxygen atoms in total. The summed E-state index contributed by atoms with van der Waals surface area (Å²) >= 11 is 0. The number of hydrogen-bond acceptors (Lipinski definition) is 7. The summed E-state index contributed by atoms with van der Waals surface area (Å²) in [5, 5.41) is 22.9. The van der Waals surface area contributed by atoms with E-state index in [0.29, 0.717) is 24.3 Å².